The predicted molar refractivity (Wildman–Crippen MR) is 101 cm³/mol. The fourth-order valence-electron chi connectivity index (χ4n) is 2.46. The number of hydrogen-bond acceptors (Lipinski definition) is 6. The maximum atomic E-state index is 12.5. The first-order valence-electron chi connectivity index (χ1n) is 8.20. The summed E-state index contributed by atoms with van der Waals surface area (Å²) in [5.74, 6) is 0.473. The summed E-state index contributed by atoms with van der Waals surface area (Å²) in [6, 6.07) is 5.37. The molecule has 0 aliphatic carbocycles. The Morgan fingerprint density at radius 2 is 1.92 bits per heavy atom. The number of hydrogen-bond donors (Lipinski definition) is 0. The van der Waals surface area contributed by atoms with Gasteiger partial charge in [0.15, 0.2) is 5.11 Å². The van der Waals surface area contributed by atoms with E-state index in [-0.39, 0.29) is 23.3 Å². The minimum atomic E-state index is -0.488. The van der Waals surface area contributed by atoms with Crippen LogP contribution in [0.15, 0.2) is 23.9 Å². The van der Waals surface area contributed by atoms with E-state index in [0.717, 1.165) is 0 Å². The van der Waals surface area contributed by atoms with E-state index in [9.17, 15) is 9.59 Å². The summed E-state index contributed by atoms with van der Waals surface area (Å²) < 4.78 is 15.9. The number of ether oxygens (including phenoxy) is 3. The topological polar surface area (TPSA) is 68.3 Å². The molecule has 1 aliphatic heterocycles. The Morgan fingerprint density at radius 3 is 2.54 bits per heavy atom. The van der Waals surface area contributed by atoms with Gasteiger partial charge in [0.2, 0.25) is 0 Å². The Hall–Kier alpha value is -2.61. The van der Waals surface area contributed by atoms with E-state index in [2.05, 4.69) is 0 Å². The molecule has 1 aromatic carbocycles. The molecule has 0 atom stereocenters. The SMILES string of the molecule is CCOc1ccc(C=C2C(=O)N(C)C(=S)N2CC(=O)OC)c(OCC)c1. The van der Waals surface area contributed by atoms with E-state index in [1.807, 2.05) is 13.8 Å². The van der Waals surface area contributed by atoms with E-state index in [4.69, 9.17) is 26.4 Å². The Bertz CT molecular complexity index is 747. The van der Waals surface area contributed by atoms with Crippen molar-refractivity contribution in [2.45, 2.75) is 13.8 Å². The van der Waals surface area contributed by atoms with Crippen LogP contribution in [0.1, 0.15) is 19.4 Å². The third-order valence-corrected chi connectivity index (χ3v) is 4.23. The molecule has 1 saturated heterocycles. The normalized spacial score (nSPS) is 15.6. The number of likely N-dealkylation sites (N-methyl/N-ethyl adjacent to an activating group) is 1. The molecule has 140 valence electrons. The van der Waals surface area contributed by atoms with Gasteiger partial charge in [-0.3, -0.25) is 14.5 Å². The molecule has 0 N–H and O–H groups in total. The number of esters is 1. The van der Waals surface area contributed by atoms with Crippen molar-refractivity contribution in [3.63, 3.8) is 0 Å². The number of carbonyl (C=O) groups is 2. The van der Waals surface area contributed by atoms with Crippen molar-refractivity contribution >= 4 is 35.3 Å². The second-order valence-electron chi connectivity index (χ2n) is 5.40. The lowest BCUT2D eigenvalue weighted by Gasteiger charge is -2.17. The van der Waals surface area contributed by atoms with Gasteiger partial charge in [-0.05, 0) is 44.3 Å². The second kappa shape index (κ2) is 8.66. The summed E-state index contributed by atoms with van der Waals surface area (Å²) in [4.78, 5) is 27.0. The fourth-order valence-corrected chi connectivity index (χ4v) is 2.71. The van der Waals surface area contributed by atoms with Crippen molar-refractivity contribution < 1.29 is 23.8 Å². The van der Waals surface area contributed by atoms with Gasteiger partial charge in [-0.1, -0.05) is 0 Å². The zero-order valence-electron chi connectivity index (χ0n) is 15.3. The van der Waals surface area contributed by atoms with Crippen LogP contribution in [0.2, 0.25) is 0 Å². The molecule has 0 radical (unpaired) electrons. The number of thiocarbonyl (C=S) groups is 1. The number of nitrogens with zero attached hydrogens (tertiary/aromatic N) is 2. The first kappa shape index (κ1) is 19.7. The van der Waals surface area contributed by atoms with Gasteiger partial charge in [-0.25, -0.2) is 0 Å². The summed E-state index contributed by atoms with van der Waals surface area (Å²) >= 11 is 5.27. The summed E-state index contributed by atoms with van der Waals surface area (Å²) in [5, 5.41) is 0.246. The standard InChI is InChI=1S/C18H22N2O5S/c1-5-24-13-8-7-12(15(10-13)25-6-2)9-14-17(22)19(3)18(26)20(14)11-16(21)23-4/h7-10H,5-6,11H2,1-4H3. The van der Waals surface area contributed by atoms with Gasteiger partial charge in [0.25, 0.3) is 5.91 Å². The van der Waals surface area contributed by atoms with Crippen LogP contribution < -0.4 is 9.47 Å². The molecule has 8 heteroatoms. The number of carbonyl (C=O) groups excluding carboxylic acids is 2. The van der Waals surface area contributed by atoms with Crippen molar-refractivity contribution in [1.82, 2.24) is 9.80 Å². The molecule has 0 bridgehead atoms. The van der Waals surface area contributed by atoms with Crippen molar-refractivity contribution in [2.75, 3.05) is 33.9 Å². The van der Waals surface area contributed by atoms with Gasteiger partial charge in [-0.2, -0.15) is 0 Å². The maximum absolute atomic E-state index is 12.5. The molecule has 1 aromatic rings. The molecular weight excluding hydrogens is 356 g/mol. The van der Waals surface area contributed by atoms with Crippen LogP contribution in [0.25, 0.3) is 6.08 Å². The van der Waals surface area contributed by atoms with Gasteiger partial charge in [0.05, 0.1) is 20.3 Å². The maximum Gasteiger partial charge on any atom is 0.325 e. The van der Waals surface area contributed by atoms with Crippen LogP contribution in [-0.4, -0.2) is 60.7 Å². The van der Waals surface area contributed by atoms with Gasteiger partial charge in [-0.15, -0.1) is 0 Å². The van der Waals surface area contributed by atoms with Crippen LogP contribution >= 0.6 is 12.2 Å². The Labute approximate surface area is 158 Å². The van der Waals surface area contributed by atoms with Crippen LogP contribution in [0, 0.1) is 0 Å². The predicted octanol–water partition coefficient (Wildman–Crippen LogP) is 2.06. The lowest BCUT2D eigenvalue weighted by molar-refractivity contribution is -0.140. The number of benzene rings is 1. The van der Waals surface area contributed by atoms with E-state index < -0.39 is 5.97 Å². The Balaban J connectivity index is 2.45. The molecule has 1 fully saturated rings. The van der Waals surface area contributed by atoms with E-state index in [1.54, 1.807) is 31.3 Å². The van der Waals surface area contributed by atoms with Crippen LogP contribution in [0.4, 0.5) is 0 Å². The van der Waals surface area contributed by atoms with Crippen LogP contribution in [0.5, 0.6) is 11.5 Å². The molecule has 0 aromatic heterocycles. The van der Waals surface area contributed by atoms with E-state index in [1.165, 1.54) is 16.9 Å². The first-order chi connectivity index (χ1) is 12.4. The zero-order valence-corrected chi connectivity index (χ0v) is 16.1. The quantitative estimate of drug-likeness (QED) is 0.409. The summed E-state index contributed by atoms with van der Waals surface area (Å²) in [7, 11) is 2.85. The zero-order chi connectivity index (χ0) is 19.3. The minimum Gasteiger partial charge on any atom is -0.494 e. The van der Waals surface area contributed by atoms with E-state index >= 15 is 0 Å². The molecule has 0 unspecified atom stereocenters. The highest BCUT2D eigenvalue weighted by Gasteiger charge is 2.36. The fraction of sp³-hybridized carbons (Fsp3) is 0.389. The monoisotopic (exact) mass is 378 g/mol. The third kappa shape index (κ3) is 4.13. The number of methoxy groups -OCH3 is 1. The molecule has 1 aliphatic rings. The average Bonchev–Trinajstić information content (AvgIpc) is 2.82. The summed E-state index contributed by atoms with van der Waals surface area (Å²) in [6.07, 6.45) is 1.65. The lowest BCUT2D eigenvalue weighted by Crippen LogP contribution is -2.33. The van der Waals surface area contributed by atoms with Gasteiger partial charge < -0.3 is 19.1 Å². The molecule has 0 saturated carbocycles. The summed E-state index contributed by atoms with van der Waals surface area (Å²) in [5.41, 5.74) is 0.972. The van der Waals surface area contributed by atoms with Gasteiger partial charge in [0.1, 0.15) is 23.7 Å². The van der Waals surface area contributed by atoms with Crippen molar-refractivity contribution in [3.8, 4) is 11.5 Å². The second-order valence-corrected chi connectivity index (χ2v) is 5.77. The van der Waals surface area contributed by atoms with Gasteiger partial charge in [0, 0.05) is 18.7 Å². The molecule has 1 amide bonds. The first-order valence-corrected chi connectivity index (χ1v) is 8.61. The minimum absolute atomic E-state index is 0.141. The Kier molecular flexibility index (Phi) is 6.57. The molecule has 7 nitrogen and oxygen atoms in total. The number of rotatable bonds is 7. The Morgan fingerprint density at radius 1 is 1.23 bits per heavy atom. The molecule has 0 spiro atoms. The van der Waals surface area contributed by atoms with Crippen molar-refractivity contribution in [3.05, 3.63) is 29.5 Å². The molecule has 2 rings (SSSR count). The van der Waals surface area contributed by atoms with Crippen molar-refractivity contribution in [1.29, 1.82) is 0 Å². The highest BCUT2D eigenvalue weighted by Crippen LogP contribution is 2.30. The van der Waals surface area contributed by atoms with E-state index in [0.29, 0.717) is 30.3 Å². The largest absolute Gasteiger partial charge is 0.494 e. The smallest absolute Gasteiger partial charge is 0.325 e. The molecule has 1 heterocycles. The molecular formula is C18H22N2O5S. The molecule has 26 heavy (non-hydrogen) atoms. The highest BCUT2D eigenvalue weighted by atomic mass is 32.1. The average molecular weight is 378 g/mol. The van der Waals surface area contributed by atoms with Crippen molar-refractivity contribution in [2.24, 2.45) is 0 Å². The lowest BCUT2D eigenvalue weighted by atomic mass is 10.1. The van der Waals surface area contributed by atoms with Crippen LogP contribution in [-0.2, 0) is 14.3 Å². The van der Waals surface area contributed by atoms with Gasteiger partial charge >= 0.3 is 5.97 Å². The van der Waals surface area contributed by atoms with Crippen LogP contribution in [0.3, 0.4) is 0 Å². The summed E-state index contributed by atoms with van der Waals surface area (Å²) in [6.45, 7) is 4.63. The number of amides is 1. The highest BCUT2D eigenvalue weighted by molar-refractivity contribution is 7.80. The third-order valence-electron chi connectivity index (χ3n) is 3.74.